The third-order valence-electron chi connectivity index (χ3n) is 3.44. The maximum Gasteiger partial charge on any atom is 0.270 e. The molecule has 0 saturated carbocycles. The van der Waals surface area contributed by atoms with Crippen molar-refractivity contribution in [2.45, 2.75) is 6.92 Å². The highest BCUT2D eigenvalue weighted by Crippen LogP contribution is 2.38. The van der Waals surface area contributed by atoms with Crippen molar-refractivity contribution in [2.75, 3.05) is 11.5 Å². The number of hydrogen-bond acceptors (Lipinski definition) is 4. The lowest BCUT2D eigenvalue weighted by atomic mass is 10.2. The van der Waals surface area contributed by atoms with Gasteiger partial charge >= 0.3 is 0 Å². The van der Waals surface area contributed by atoms with Crippen LogP contribution < -0.4 is 9.64 Å². The Labute approximate surface area is 169 Å². The molecule has 0 aliphatic carbocycles. The van der Waals surface area contributed by atoms with Crippen LogP contribution in [-0.2, 0) is 4.79 Å². The fourth-order valence-corrected chi connectivity index (χ4v) is 4.01. The summed E-state index contributed by atoms with van der Waals surface area (Å²) >= 11 is 16.1. The number of halogens is 2. The highest BCUT2D eigenvalue weighted by molar-refractivity contribution is 9.10. The molecule has 3 rings (SSSR count). The Morgan fingerprint density at radius 2 is 2.00 bits per heavy atom. The van der Waals surface area contributed by atoms with Gasteiger partial charge in [0.25, 0.3) is 5.91 Å². The first-order valence-electron chi connectivity index (χ1n) is 7.45. The average molecular weight is 455 g/mol. The van der Waals surface area contributed by atoms with Crippen LogP contribution in [0.1, 0.15) is 12.5 Å². The van der Waals surface area contributed by atoms with E-state index in [1.165, 1.54) is 16.7 Å². The molecule has 1 heterocycles. The van der Waals surface area contributed by atoms with Gasteiger partial charge in [0.1, 0.15) is 5.75 Å². The standard InChI is InChI=1S/C18H13BrClNO2S2/c1-2-23-13-6-3-11(4-7-13)9-16-17(22)21(18(24)25-16)12-5-8-14(19)15(20)10-12/h3-10H,2H2,1H3. The molecule has 1 amide bonds. The molecule has 3 nitrogen and oxygen atoms in total. The molecule has 1 aliphatic heterocycles. The van der Waals surface area contributed by atoms with E-state index in [1.54, 1.807) is 18.2 Å². The third kappa shape index (κ3) is 4.08. The van der Waals surface area contributed by atoms with Crippen molar-refractivity contribution >= 4 is 73.5 Å². The topological polar surface area (TPSA) is 29.5 Å². The summed E-state index contributed by atoms with van der Waals surface area (Å²) in [5.74, 6) is 0.652. The van der Waals surface area contributed by atoms with Gasteiger partial charge in [0, 0.05) is 4.47 Å². The zero-order valence-electron chi connectivity index (χ0n) is 13.2. The molecule has 0 N–H and O–H groups in total. The molecule has 1 saturated heterocycles. The molecule has 1 fully saturated rings. The third-order valence-corrected chi connectivity index (χ3v) is 5.98. The zero-order chi connectivity index (χ0) is 18.0. The first-order chi connectivity index (χ1) is 12.0. The molecule has 128 valence electrons. The maximum absolute atomic E-state index is 12.8. The minimum absolute atomic E-state index is 0.151. The fraction of sp³-hybridized carbons (Fsp3) is 0.111. The monoisotopic (exact) mass is 453 g/mol. The smallest absolute Gasteiger partial charge is 0.270 e. The first-order valence-corrected chi connectivity index (χ1v) is 9.85. The van der Waals surface area contributed by atoms with Crippen molar-refractivity contribution in [1.82, 2.24) is 0 Å². The number of hydrogen-bond donors (Lipinski definition) is 0. The SMILES string of the molecule is CCOc1ccc(C=C2SC(=S)N(c3ccc(Br)c(Cl)c3)C2=O)cc1. The summed E-state index contributed by atoms with van der Waals surface area (Å²) in [5.41, 5.74) is 1.57. The molecule has 0 atom stereocenters. The molecular weight excluding hydrogens is 442 g/mol. The van der Waals surface area contributed by atoms with Gasteiger partial charge in [-0.15, -0.1) is 0 Å². The van der Waals surface area contributed by atoms with Gasteiger partial charge in [-0.1, -0.05) is 47.7 Å². The number of carbonyl (C=O) groups excluding carboxylic acids is 1. The Morgan fingerprint density at radius 3 is 2.64 bits per heavy atom. The van der Waals surface area contributed by atoms with Crippen LogP contribution in [0.3, 0.4) is 0 Å². The molecule has 25 heavy (non-hydrogen) atoms. The number of nitrogens with zero attached hydrogens (tertiary/aromatic N) is 1. The second kappa shape index (κ2) is 7.91. The molecule has 0 aromatic heterocycles. The summed E-state index contributed by atoms with van der Waals surface area (Å²) in [6.07, 6.45) is 1.83. The molecule has 7 heteroatoms. The summed E-state index contributed by atoms with van der Waals surface area (Å²) in [7, 11) is 0. The summed E-state index contributed by atoms with van der Waals surface area (Å²) in [5, 5.41) is 0.530. The number of anilines is 1. The van der Waals surface area contributed by atoms with Crippen molar-refractivity contribution in [2.24, 2.45) is 0 Å². The lowest BCUT2D eigenvalue weighted by Crippen LogP contribution is -2.27. The van der Waals surface area contributed by atoms with Gasteiger partial charge in [-0.3, -0.25) is 9.69 Å². The van der Waals surface area contributed by atoms with Crippen LogP contribution >= 0.6 is 51.5 Å². The van der Waals surface area contributed by atoms with E-state index in [2.05, 4.69) is 15.9 Å². The molecular formula is C18H13BrClNO2S2. The van der Waals surface area contributed by atoms with Crippen LogP contribution in [0.2, 0.25) is 5.02 Å². The van der Waals surface area contributed by atoms with Crippen LogP contribution in [-0.4, -0.2) is 16.8 Å². The highest BCUT2D eigenvalue weighted by atomic mass is 79.9. The van der Waals surface area contributed by atoms with Crippen molar-refractivity contribution < 1.29 is 9.53 Å². The van der Waals surface area contributed by atoms with Gasteiger partial charge in [0.2, 0.25) is 0 Å². The second-order valence-corrected chi connectivity index (χ2v) is 8.05. The first kappa shape index (κ1) is 18.5. The number of thioether (sulfide) groups is 1. The molecule has 2 aromatic rings. The number of ether oxygens (including phenoxy) is 1. The number of rotatable bonds is 4. The zero-order valence-corrected chi connectivity index (χ0v) is 17.1. The quantitative estimate of drug-likeness (QED) is 0.424. The number of thiocarbonyl (C=S) groups is 1. The normalized spacial score (nSPS) is 16.0. The van der Waals surface area contributed by atoms with Gasteiger partial charge in [-0.05, 0) is 64.8 Å². The molecule has 1 aliphatic rings. The van der Waals surface area contributed by atoms with Crippen LogP contribution in [0.5, 0.6) is 5.75 Å². The molecule has 0 unspecified atom stereocenters. The van der Waals surface area contributed by atoms with Crippen molar-refractivity contribution in [1.29, 1.82) is 0 Å². The van der Waals surface area contributed by atoms with Gasteiger partial charge in [0.05, 0.1) is 22.2 Å². The number of benzene rings is 2. The molecule has 0 radical (unpaired) electrons. The van der Waals surface area contributed by atoms with Gasteiger partial charge < -0.3 is 4.74 Å². The average Bonchev–Trinajstić information content (AvgIpc) is 2.86. The Balaban J connectivity index is 1.86. The Morgan fingerprint density at radius 1 is 1.28 bits per heavy atom. The summed E-state index contributed by atoms with van der Waals surface area (Å²) < 4.78 is 6.68. The van der Waals surface area contributed by atoms with E-state index in [0.29, 0.717) is 26.5 Å². The molecule has 0 spiro atoms. The second-order valence-electron chi connectivity index (χ2n) is 5.12. The van der Waals surface area contributed by atoms with Crippen LogP contribution in [0.25, 0.3) is 6.08 Å². The van der Waals surface area contributed by atoms with Crippen LogP contribution in [0.4, 0.5) is 5.69 Å². The van der Waals surface area contributed by atoms with Gasteiger partial charge in [-0.2, -0.15) is 0 Å². The predicted molar refractivity (Wildman–Crippen MR) is 112 cm³/mol. The van der Waals surface area contributed by atoms with E-state index < -0.39 is 0 Å². The van der Waals surface area contributed by atoms with Crippen molar-refractivity contribution in [3.05, 3.63) is 62.4 Å². The lowest BCUT2D eigenvalue weighted by molar-refractivity contribution is -0.113. The molecule has 0 bridgehead atoms. The van der Waals surface area contributed by atoms with Crippen molar-refractivity contribution in [3.63, 3.8) is 0 Å². The van der Waals surface area contributed by atoms with E-state index in [0.717, 1.165) is 15.8 Å². The Kier molecular flexibility index (Phi) is 5.84. The van der Waals surface area contributed by atoms with E-state index in [-0.39, 0.29) is 5.91 Å². The lowest BCUT2D eigenvalue weighted by Gasteiger charge is -2.15. The Bertz CT molecular complexity index is 868. The van der Waals surface area contributed by atoms with E-state index in [1.807, 2.05) is 37.3 Å². The largest absolute Gasteiger partial charge is 0.494 e. The number of carbonyl (C=O) groups is 1. The summed E-state index contributed by atoms with van der Waals surface area (Å²) in [6, 6.07) is 12.9. The van der Waals surface area contributed by atoms with E-state index in [9.17, 15) is 4.79 Å². The van der Waals surface area contributed by atoms with Crippen LogP contribution in [0.15, 0.2) is 51.8 Å². The van der Waals surface area contributed by atoms with Crippen LogP contribution in [0, 0.1) is 0 Å². The van der Waals surface area contributed by atoms with E-state index >= 15 is 0 Å². The van der Waals surface area contributed by atoms with E-state index in [4.69, 9.17) is 28.6 Å². The molecule has 2 aromatic carbocycles. The highest BCUT2D eigenvalue weighted by Gasteiger charge is 2.33. The Hall–Kier alpha value is -1.34. The maximum atomic E-state index is 12.8. The van der Waals surface area contributed by atoms with Gasteiger partial charge in [0.15, 0.2) is 4.32 Å². The van der Waals surface area contributed by atoms with Crippen molar-refractivity contribution in [3.8, 4) is 5.75 Å². The fourth-order valence-electron chi connectivity index (χ4n) is 2.29. The van der Waals surface area contributed by atoms with Gasteiger partial charge in [-0.25, -0.2) is 0 Å². The predicted octanol–water partition coefficient (Wildman–Crippen LogP) is 5.91. The summed E-state index contributed by atoms with van der Waals surface area (Å²) in [6.45, 7) is 2.56. The summed E-state index contributed by atoms with van der Waals surface area (Å²) in [4.78, 5) is 14.8. The number of amides is 1. The minimum atomic E-state index is -0.151. The minimum Gasteiger partial charge on any atom is -0.494 e.